The van der Waals surface area contributed by atoms with Crippen molar-refractivity contribution in [1.29, 1.82) is 0 Å². The van der Waals surface area contributed by atoms with Gasteiger partial charge in [0.2, 0.25) is 0 Å². The Morgan fingerprint density at radius 2 is 1.73 bits per heavy atom. The van der Waals surface area contributed by atoms with Gasteiger partial charge in [-0.2, -0.15) is 0 Å². The number of halogens is 2. The Morgan fingerprint density at radius 1 is 1.18 bits per heavy atom. The highest BCUT2D eigenvalue weighted by Gasteiger charge is 2.35. The van der Waals surface area contributed by atoms with Gasteiger partial charge in [0.1, 0.15) is 0 Å². The van der Waals surface area contributed by atoms with Crippen molar-refractivity contribution in [1.82, 2.24) is 0 Å². The molecule has 0 heterocycles. The van der Waals surface area contributed by atoms with Crippen molar-refractivity contribution in [2.45, 2.75) is 17.2 Å². The molecule has 0 spiro atoms. The van der Waals surface area contributed by atoms with Crippen molar-refractivity contribution < 1.29 is 0 Å². The number of benzene rings is 1. The molecule has 2 heteroatoms. The fraction of sp³-hybridized carbons (Fsp3) is 0.333. The van der Waals surface area contributed by atoms with Gasteiger partial charge in [0.25, 0.3) is 0 Å². The Morgan fingerprint density at radius 3 is 2.18 bits per heavy atom. The molecule has 1 aromatic rings. The lowest BCUT2D eigenvalue weighted by molar-refractivity contribution is 1.14. The molecule has 1 saturated carbocycles. The maximum absolute atomic E-state index is 3.59. The average molecular weight is 276 g/mol. The van der Waals surface area contributed by atoms with Gasteiger partial charge in [-0.25, -0.2) is 0 Å². The van der Waals surface area contributed by atoms with Crippen molar-refractivity contribution in [3.05, 3.63) is 34.3 Å². The van der Waals surface area contributed by atoms with E-state index in [4.69, 9.17) is 0 Å². The van der Waals surface area contributed by atoms with Crippen LogP contribution in [0.3, 0.4) is 0 Å². The van der Waals surface area contributed by atoms with E-state index in [9.17, 15) is 0 Å². The summed E-state index contributed by atoms with van der Waals surface area (Å²) in [5, 5.41) is 0. The van der Waals surface area contributed by atoms with Crippen LogP contribution in [0.4, 0.5) is 0 Å². The van der Waals surface area contributed by atoms with Crippen molar-refractivity contribution >= 4 is 31.9 Å². The molecule has 0 aromatic heterocycles. The van der Waals surface area contributed by atoms with E-state index in [0.29, 0.717) is 0 Å². The predicted octanol–water partition coefficient (Wildman–Crippen LogP) is 3.70. The smallest absolute Gasteiger partial charge is 0.0221 e. The summed E-state index contributed by atoms with van der Waals surface area (Å²) >= 11 is 7.01. The molecule has 1 fully saturated rings. The molecule has 0 amide bonds. The third-order valence-electron chi connectivity index (χ3n) is 2.01. The second kappa shape index (κ2) is 2.91. The normalized spacial score (nSPS) is 28.5. The summed E-state index contributed by atoms with van der Waals surface area (Å²) in [5.74, 6) is 0.767. The van der Waals surface area contributed by atoms with Crippen LogP contribution in [0.5, 0.6) is 0 Å². The van der Waals surface area contributed by atoms with Gasteiger partial charge in [-0.15, -0.1) is 0 Å². The van der Waals surface area contributed by atoms with Gasteiger partial charge < -0.3 is 0 Å². The number of alkyl halides is 1. The van der Waals surface area contributed by atoms with Gasteiger partial charge in [0, 0.05) is 9.30 Å². The molecule has 1 aliphatic rings. The highest BCUT2D eigenvalue weighted by molar-refractivity contribution is 9.10. The minimum Gasteiger partial charge on any atom is -0.0884 e. The van der Waals surface area contributed by atoms with Crippen LogP contribution in [0, 0.1) is 0 Å². The largest absolute Gasteiger partial charge is 0.0884 e. The van der Waals surface area contributed by atoms with E-state index >= 15 is 0 Å². The van der Waals surface area contributed by atoms with Gasteiger partial charge in [0.15, 0.2) is 0 Å². The fourth-order valence-electron chi connectivity index (χ4n) is 1.22. The molecule has 58 valence electrons. The Hall–Kier alpha value is 0.180. The molecule has 11 heavy (non-hydrogen) atoms. The quantitative estimate of drug-likeness (QED) is 0.686. The third kappa shape index (κ3) is 1.67. The van der Waals surface area contributed by atoms with E-state index in [2.05, 4.69) is 56.1 Å². The van der Waals surface area contributed by atoms with Crippen LogP contribution in [0.25, 0.3) is 0 Å². The molecule has 0 saturated heterocycles. The Balaban J connectivity index is 2.21. The molecule has 0 N–H and O–H groups in total. The lowest BCUT2D eigenvalue weighted by Crippen LogP contribution is -1.79. The number of hydrogen-bond acceptors (Lipinski definition) is 0. The van der Waals surface area contributed by atoms with Gasteiger partial charge >= 0.3 is 0 Å². The zero-order valence-electron chi connectivity index (χ0n) is 5.93. The van der Waals surface area contributed by atoms with Crippen LogP contribution >= 0.6 is 31.9 Å². The summed E-state index contributed by atoms with van der Waals surface area (Å²) in [5.41, 5.74) is 1.45. The Labute approximate surface area is 83.3 Å². The minimum atomic E-state index is 0.726. The van der Waals surface area contributed by atoms with E-state index < -0.39 is 0 Å². The minimum absolute atomic E-state index is 0.726. The second-order valence-electron chi connectivity index (χ2n) is 2.91. The van der Waals surface area contributed by atoms with E-state index in [1.165, 1.54) is 12.0 Å². The molecule has 0 nitrogen and oxygen atoms in total. The highest BCUT2D eigenvalue weighted by Crippen LogP contribution is 2.46. The van der Waals surface area contributed by atoms with Crippen LogP contribution in [-0.2, 0) is 0 Å². The van der Waals surface area contributed by atoms with Crippen molar-refractivity contribution in [3.63, 3.8) is 0 Å². The summed E-state index contributed by atoms with van der Waals surface area (Å²) in [6.45, 7) is 0. The lowest BCUT2D eigenvalue weighted by atomic mass is 10.1. The molecule has 0 bridgehead atoms. The molecule has 0 radical (unpaired) electrons. The predicted molar refractivity (Wildman–Crippen MR) is 54.2 cm³/mol. The SMILES string of the molecule is Brc1ccc([C@H]2C[C@@H]2Br)cc1. The topological polar surface area (TPSA) is 0 Å². The monoisotopic (exact) mass is 274 g/mol. The first kappa shape index (κ1) is 7.81. The molecule has 2 rings (SSSR count). The van der Waals surface area contributed by atoms with Crippen LogP contribution < -0.4 is 0 Å². The fourth-order valence-corrected chi connectivity index (χ4v) is 2.19. The van der Waals surface area contributed by atoms with E-state index in [-0.39, 0.29) is 0 Å². The zero-order valence-corrected chi connectivity index (χ0v) is 9.10. The number of rotatable bonds is 1. The summed E-state index contributed by atoms with van der Waals surface area (Å²) in [7, 11) is 0. The molecular weight excluding hydrogens is 268 g/mol. The maximum atomic E-state index is 3.59. The third-order valence-corrected chi connectivity index (χ3v) is 3.55. The van der Waals surface area contributed by atoms with Crippen molar-refractivity contribution in [2.75, 3.05) is 0 Å². The van der Waals surface area contributed by atoms with Crippen molar-refractivity contribution in [3.8, 4) is 0 Å². The molecular formula is C9H8Br2. The van der Waals surface area contributed by atoms with E-state index in [1.54, 1.807) is 0 Å². The Bertz CT molecular complexity index is 253. The van der Waals surface area contributed by atoms with Crippen LogP contribution in [0.1, 0.15) is 17.9 Å². The standard InChI is InChI=1S/C9H8Br2/c10-7-3-1-6(2-4-7)8-5-9(8)11/h1-4,8-9H,5H2/t8-,9+/m1/s1. The van der Waals surface area contributed by atoms with Crippen LogP contribution in [-0.4, -0.2) is 4.83 Å². The lowest BCUT2D eigenvalue weighted by Gasteiger charge is -1.96. The first-order chi connectivity index (χ1) is 5.27. The summed E-state index contributed by atoms with van der Waals surface area (Å²) in [4.78, 5) is 0.726. The van der Waals surface area contributed by atoms with E-state index in [1.807, 2.05) is 0 Å². The van der Waals surface area contributed by atoms with Crippen LogP contribution in [0.15, 0.2) is 28.7 Å². The first-order valence-electron chi connectivity index (χ1n) is 3.67. The van der Waals surface area contributed by atoms with E-state index in [0.717, 1.165) is 15.2 Å². The maximum Gasteiger partial charge on any atom is 0.0221 e. The van der Waals surface area contributed by atoms with Crippen LogP contribution in [0.2, 0.25) is 0 Å². The highest BCUT2D eigenvalue weighted by atomic mass is 79.9. The van der Waals surface area contributed by atoms with Gasteiger partial charge in [-0.05, 0) is 30.0 Å². The van der Waals surface area contributed by atoms with Crippen molar-refractivity contribution in [2.24, 2.45) is 0 Å². The van der Waals surface area contributed by atoms with Gasteiger partial charge in [0.05, 0.1) is 0 Å². The molecule has 0 unspecified atom stereocenters. The molecule has 1 aromatic carbocycles. The summed E-state index contributed by atoms with van der Waals surface area (Å²) < 4.78 is 1.16. The summed E-state index contributed by atoms with van der Waals surface area (Å²) in [6.07, 6.45) is 1.29. The van der Waals surface area contributed by atoms with Gasteiger partial charge in [-0.3, -0.25) is 0 Å². The molecule has 1 aliphatic carbocycles. The first-order valence-corrected chi connectivity index (χ1v) is 5.38. The molecule has 2 atom stereocenters. The second-order valence-corrected chi connectivity index (χ2v) is 5.00. The summed E-state index contributed by atoms with van der Waals surface area (Å²) in [6, 6.07) is 8.59. The zero-order chi connectivity index (χ0) is 7.84. The Kier molecular flexibility index (Phi) is 2.06. The number of hydrogen-bond donors (Lipinski definition) is 0. The van der Waals surface area contributed by atoms with Gasteiger partial charge in [-0.1, -0.05) is 44.0 Å². The molecule has 0 aliphatic heterocycles. The average Bonchev–Trinajstić information content (AvgIpc) is 2.69.